The Morgan fingerprint density at radius 1 is 1.29 bits per heavy atom. The summed E-state index contributed by atoms with van der Waals surface area (Å²) in [4.78, 5) is 14.9. The molecule has 21 heavy (non-hydrogen) atoms. The fourth-order valence-corrected chi connectivity index (χ4v) is 4.39. The Bertz CT molecular complexity index is 368. The van der Waals surface area contributed by atoms with Crippen molar-refractivity contribution in [2.24, 2.45) is 5.41 Å². The Morgan fingerprint density at radius 3 is 2.52 bits per heavy atom. The molecule has 1 saturated heterocycles. The standard InChI is InChI=1S/C17H32N2O2/c1-5-16(6-2)10-11-19(13-16)14-8-9-17(12-14,18-7-3)15(20)21-4/h14,18H,5-13H2,1-4H3. The molecule has 0 radical (unpaired) electrons. The first-order chi connectivity index (χ1) is 10.0. The molecule has 2 atom stereocenters. The molecule has 0 amide bonds. The molecular weight excluding hydrogens is 264 g/mol. The first-order valence-corrected chi connectivity index (χ1v) is 8.62. The van der Waals surface area contributed by atoms with Gasteiger partial charge in [-0.05, 0) is 57.0 Å². The van der Waals surface area contributed by atoms with E-state index >= 15 is 0 Å². The lowest BCUT2D eigenvalue weighted by molar-refractivity contribution is -0.148. The van der Waals surface area contributed by atoms with Crippen LogP contribution in [0.15, 0.2) is 0 Å². The Morgan fingerprint density at radius 2 is 2.00 bits per heavy atom. The SMILES string of the molecule is CCNC1(C(=O)OC)CCC(N2CCC(CC)(CC)C2)C1. The average molecular weight is 296 g/mol. The number of nitrogens with zero attached hydrogens (tertiary/aromatic N) is 1. The molecule has 0 spiro atoms. The van der Waals surface area contributed by atoms with Gasteiger partial charge in [0, 0.05) is 12.6 Å². The predicted molar refractivity (Wildman–Crippen MR) is 85.3 cm³/mol. The molecule has 0 bridgehead atoms. The van der Waals surface area contributed by atoms with E-state index in [1.807, 2.05) is 0 Å². The van der Waals surface area contributed by atoms with Gasteiger partial charge < -0.3 is 10.1 Å². The third kappa shape index (κ3) is 3.11. The van der Waals surface area contributed by atoms with Gasteiger partial charge in [-0.1, -0.05) is 20.8 Å². The molecule has 1 aliphatic heterocycles. The maximum atomic E-state index is 12.2. The van der Waals surface area contributed by atoms with Gasteiger partial charge in [-0.2, -0.15) is 0 Å². The van der Waals surface area contributed by atoms with Gasteiger partial charge in [0.25, 0.3) is 0 Å². The molecule has 2 aliphatic rings. The summed E-state index contributed by atoms with van der Waals surface area (Å²) in [6, 6.07) is 0.531. The number of methoxy groups -OCH3 is 1. The normalized spacial score (nSPS) is 32.5. The van der Waals surface area contributed by atoms with Crippen molar-refractivity contribution in [1.82, 2.24) is 10.2 Å². The van der Waals surface area contributed by atoms with Crippen molar-refractivity contribution in [3.63, 3.8) is 0 Å². The summed E-state index contributed by atoms with van der Waals surface area (Å²) in [5.74, 6) is -0.0803. The summed E-state index contributed by atoms with van der Waals surface area (Å²) in [6.45, 7) is 9.91. The summed E-state index contributed by atoms with van der Waals surface area (Å²) in [5.41, 5.74) is 0.0620. The van der Waals surface area contributed by atoms with Crippen molar-refractivity contribution < 1.29 is 9.53 Å². The largest absolute Gasteiger partial charge is 0.468 e. The second-order valence-electron chi connectivity index (χ2n) is 6.93. The Balaban J connectivity index is 2.03. The van der Waals surface area contributed by atoms with Crippen LogP contribution in [0.2, 0.25) is 0 Å². The second-order valence-corrected chi connectivity index (χ2v) is 6.93. The van der Waals surface area contributed by atoms with Crippen LogP contribution in [0.4, 0.5) is 0 Å². The van der Waals surface area contributed by atoms with Gasteiger partial charge in [0.2, 0.25) is 0 Å². The summed E-state index contributed by atoms with van der Waals surface area (Å²) in [6.07, 6.45) is 6.75. The number of nitrogens with one attached hydrogen (secondary N) is 1. The first-order valence-electron chi connectivity index (χ1n) is 8.62. The van der Waals surface area contributed by atoms with Crippen molar-refractivity contribution in [3.05, 3.63) is 0 Å². The summed E-state index contributed by atoms with van der Waals surface area (Å²) in [7, 11) is 1.50. The number of ether oxygens (including phenoxy) is 1. The van der Waals surface area contributed by atoms with Gasteiger partial charge in [0.05, 0.1) is 7.11 Å². The number of likely N-dealkylation sites (N-methyl/N-ethyl adjacent to an activating group) is 1. The van der Waals surface area contributed by atoms with E-state index in [0.29, 0.717) is 11.5 Å². The maximum Gasteiger partial charge on any atom is 0.326 e. The van der Waals surface area contributed by atoms with Crippen LogP contribution < -0.4 is 5.32 Å². The highest BCUT2D eigenvalue weighted by Crippen LogP contribution is 2.42. The predicted octanol–water partition coefficient (Wildman–Crippen LogP) is 2.57. The minimum atomic E-state index is -0.447. The number of likely N-dealkylation sites (tertiary alicyclic amines) is 1. The lowest BCUT2D eigenvalue weighted by Gasteiger charge is -2.31. The van der Waals surface area contributed by atoms with Crippen molar-refractivity contribution in [3.8, 4) is 0 Å². The molecule has 1 heterocycles. The van der Waals surface area contributed by atoms with Crippen LogP contribution in [0.3, 0.4) is 0 Å². The smallest absolute Gasteiger partial charge is 0.326 e. The zero-order valence-electron chi connectivity index (χ0n) is 14.2. The lowest BCUT2D eigenvalue weighted by atomic mass is 9.82. The number of esters is 1. The fraction of sp³-hybridized carbons (Fsp3) is 0.941. The van der Waals surface area contributed by atoms with E-state index in [4.69, 9.17) is 4.74 Å². The zero-order valence-corrected chi connectivity index (χ0v) is 14.2. The summed E-state index contributed by atoms with van der Waals surface area (Å²) in [5, 5.41) is 3.41. The molecular formula is C17H32N2O2. The average Bonchev–Trinajstić information content (AvgIpc) is 3.12. The van der Waals surface area contributed by atoms with E-state index in [0.717, 1.165) is 25.8 Å². The van der Waals surface area contributed by atoms with E-state index in [1.165, 1.54) is 39.5 Å². The van der Waals surface area contributed by atoms with Crippen LogP contribution in [0.5, 0.6) is 0 Å². The van der Waals surface area contributed by atoms with Crippen molar-refractivity contribution in [2.75, 3.05) is 26.7 Å². The molecule has 0 aromatic heterocycles. The molecule has 0 aromatic rings. The van der Waals surface area contributed by atoms with Crippen LogP contribution in [-0.4, -0.2) is 49.2 Å². The third-order valence-corrected chi connectivity index (χ3v) is 6.06. The van der Waals surface area contributed by atoms with Gasteiger partial charge >= 0.3 is 5.97 Å². The molecule has 2 rings (SSSR count). The van der Waals surface area contributed by atoms with Crippen LogP contribution in [0, 0.1) is 5.41 Å². The highest BCUT2D eigenvalue weighted by Gasteiger charge is 2.49. The third-order valence-electron chi connectivity index (χ3n) is 6.06. The van der Waals surface area contributed by atoms with Crippen LogP contribution >= 0.6 is 0 Å². The van der Waals surface area contributed by atoms with Crippen LogP contribution in [0.25, 0.3) is 0 Å². The van der Waals surface area contributed by atoms with Gasteiger partial charge in [-0.15, -0.1) is 0 Å². The number of rotatable bonds is 6. The molecule has 0 aromatic carbocycles. The molecule has 122 valence electrons. The lowest BCUT2D eigenvalue weighted by Crippen LogP contribution is -2.51. The first kappa shape index (κ1) is 16.8. The number of hydrogen-bond donors (Lipinski definition) is 1. The van der Waals surface area contributed by atoms with Crippen molar-refractivity contribution >= 4 is 5.97 Å². The van der Waals surface area contributed by atoms with E-state index in [2.05, 4.69) is 31.0 Å². The molecule has 2 unspecified atom stereocenters. The molecule has 4 heteroatoms. The number of hydrogen-bond acceptors (Lipinski definition) is 4. The molecule has 2 fully saturated rings. The second kappa shape index (κ2) is 6.66. The highest BCUT2D eigenvalue weighted by molar-refractivity contribution is 5.81. The molecule has 4 nitrogen and oxygen atoms in total. The van der Waals surface area contributed by atoms with Gasteiger partial charge in [-0.3, -0.25) is 9.69 Å². The quantitative estimate of drug-likeness (QED) is 0.765. The van der Waals surface area contributed by atoms with Crippen LogP contribution in [0.1, 0.15) is 59.3 Å². The van der Waals surface area contributed by atoms with Crippen molar-refractivity contribution in [1.29, 1.82) is 0 Å². The summed E-state index contributed by atoms with van der Waals surface area (Å²) >= 11 is 0. The Kier molecular flexibility index (Phi) is 5.31. The Hall–Kier alpha value is -0.610. The van der Waals surface area contributed by atoms with E-state index in [1.54, 1.807) is 0 Å². The van der Waals surface area contributed by atoms with E-state index < -0.39 is 5.54 Å². The monoisotopic (exact) mass is 296 g/mol. The zero-order chi connectivity index (χ0) is 15.5. The van der Waals surface area contributed by atoms with Gasteiger partial charge in [0.15, 0.2) is 0 Å². The van der Waals surface area contributed by atoms with E-state index in [-0.39, 0.29) is 5.97 Å². The highest BCUT2D eigenvalue weighted by atomic mass is 16.5. The maximum absolute atomic E-state index is 12.2. The van der Waals surface area contributed by atoms with E-state index in [9.17, 15) is 4.79 Å². The minimum Gasteiger partial charge on any atom is -0.468 e. The van der Waals surface area contributed by atoms with Gasteiger partial charge in [-0.25, -0.2) is 0 Å². The number of carbonyl (C=O) groups is 1. The summed E-state index contributed by atoms with van der Waals surface area (Å²) < 4.78 is 5.06. The fourth-order valence-electron chi connectivity index (χ4n) is 4.39. The topological polar surface area (TPSA) is 41.6 Å². The van der Waals surface area contributed by atoms with Crippen LogP contribution in [-0.2, 0) is 9.53 Å². The van der Waals surface area contributed by atoms with Crippen molar-refractivity contribution in [2.45, 2.75) is 70.9 Å². The molecule has 1 N–H and O–H groups in total. The van der Waals surface area contributed by atoms with Gasteiger partial charge in [0.1, 0.15) is 5.54 Å². The number of carbonyl (C=O) groups excluding carboxylic acids is 1. The Labute approximate surface area is 129 Å². The molecule has 1 aliphatic carbocycles. The molecule has 1 saturated carbocycles. The minimum absolute atomic E-state index is 0.0803.